The van der Waals surface area contributed by atoms with Crippen LogP contribution in [-0.2, 0) is 16.6 Å². The average Bonchev–Trinajstić information content (AvgIpc) is 2.92. The minimum absolute atomic E-state index is 0.113. The lowest BCUT2D eigenvalue weighted by Crippen LogP contribution is -2.16. The van der Waals surface area contributed by atoms with Gasteiger partial charge in [0.2, 0.25) is 4.80 Å². The van der Waals surface area contributed by atoms with E-state index >= 15 is 0 Å². The van der Waals surface area contributed by atoms with Crippen molar-refractivity contribution in [3.05, 3.63) is 52.3 Å². The maximum atomic E-state index is 12.6. The number of hydrogen-bond donors (Lipinski definition) is 0. The lowest BCUT2D eigenvalue weighted by molar-refractivity contribution is 0.342. The first kappa shape index (κ1) is 18.0. The first-order valence-corrected chi connectivity index (χ1v) is 10.4. The summed E-state index contributed by atoms with van der Waals surface area (Å²) in [5.41, 5.74) is 0.863. The Labute approximate surface area is 155 Å². The van der Waals surface area contributed by atoms with Gasteiger partial charge in [-0.15, -0.1) is 4.40 Å². The summed E-state index contributed by atoms with van der Waals surface area (Å²) in [5.74, 6) is 0.725. The lowest BCUT2D eigenvalue weighted by atomic mass is 10.3. The standard InChI is InChI=1S/C17H17ClN2O3S2/c1-3-20-16-14(23-4-2)6-5-7-15(16)24-17(20)19-25(21,22)13-10-8-12(18)9-11-13/h5-11H,3-4H2,1-2H3. The summed E-state index contributed by atoms with van der Waals surface area (Å²) in [6.45, 7) is 4.98. The van der Waals surface area contributed by atoms with E-state index in [1.54, 1.807) is 0 Å². The highest BCUT2D eigenvalue weighted by atomic mass is 35.5. The average molecular weight is 397 g/mol. The second-order valence-electron chi connectivity index (χ2n) is 5.19. The number of thiazole rings is 1. The quantitative estimate of drug-likeness (QED) is 0.653. The highest BCUT2D eigenvalue weighted by Gasteiger charge is 2.16. The minimum atomic E-state index is -3.82. The number of benzene rings is 2. The summed E-state index contributed by atoms with van der Waals surface area (Å²) >= 11 is 7.15. The van der Waals surface area contributed by atoms with Crippen LogP contribution in [0.1, 0.15) is 13.8 Å². The van der Waals surface area contributed by atoms with Crippen LogP contribution in [0.5, 0.6) is 5.75 Å². The van der Waals surface area contributed by atoms with Gasteiger partial charge in [0.25, 0.3) is 10.0 Å². The predicted octanol–water partition coefficient (Wildman–Crippen LogP) is 4.06. The van der Waals surface area contributed by atoms with Crippen molar-refractivity contribution in [2.45, 2.75) is 25.3 Å². The second-order valence-corrected chi connectivity index (χ2v) is 8.23. The van der Waals surface area contributed by atoms with E-state index in [0.717, 1.165) is 16.0 Å². The third-order valence-corrected chi connectivity index (χ3v) is 6.28. The molecule has 25 heavy (non-hydrogen) atoms. The third-order valence-electron chi connectivity index (χ3n) is 3.59. The van der Waals surface area contributed by atoms with Crippen molar-refractivity contribution in [1.29, 1.82) is 0 Å². The smallest absolute Gasteiger partial charge is 0.285 e. The number of halogens is 1. The van der Waals surface area contributed by atoms with Gasteiger partial charge in [-0.05, 0) is 50.2 Å². The molecule has 8 heteroatoms. The number of aryl methyl sites for hydroxylation is 1. The summed E-state index contributed by atoms with van der Waals surface area (Å²) < 4.78 is 37.8. The maximum Gasteiger partial charge on any atom is 0.285 e. The number of rotatable bonds is 5. The van der Waals surface area contributed by atoms with E-state index in [-0.39, 0.29) is 4.90 Å². The van der Waals surface area contributed by atoms with E-state index in [4.69, 9.17) is 16.3 Å². The first-order chi connectivity index (χ1) is 12.0. The van der Waals surface area contributed by atoms with Gasteiger partial charge in [-0.1, -0.05) is 29.0 Å². The molecule has 0 aliphatic carbocycles. The fraction of sp³-hybridized carbons (Fsp3) is 0.235. The zero-order chi connectivity index (χ0) is 18.0. The Balaban J connectivity index is 2.22. The second kappa shape index (κ2) is 7.19. The summed E-state index contributed by atoms with van der Waals surface area (Å²) in [5, 5.41) is 0.478. The number of aromatic nitrogens is 1. The van der Waals surface area contributed by atoms with Gasteiger partial charge in [0.1, 0.15) is 11.3 Å². The molecule has 0 saturated heterocycles. The molecule has 3 rings (SSSR count). The molecular formula is C17H17ClN2O3S2. The molecule has 132 valence electrons. The summed E-state index contributed by atoms with van der Waals surface area (Å²) in [4.78, 5) is 0.529. The van der Waals surface area contributed by atoms with Crippen molar-refractivity contribution in [3.8, 4) is 5.75 Å². The number of ether oxygens (including phenoxy) is 1. The topological polar surface area (TPSA) is 60.7 Å². The van der Waals surface area contributed by atoms with Crippen molar-refractivity contribution in [2.75, 3.05) is 6.61 Å². The fourth-order valence-electron chi connectivity index (χ4n) is 2.50. The zero-order valence-corrected chi connectivity index (χ0v) is 16.2. The van der Waals surface area contributed by atoms with Gasteiger partial charge in [0.15, 0.2) is 0 Å². The van der Waals surface area contributed by atoms with Gasteiger partial charge >= 0.3 is 0 Å². The van der Waals surface area contributed by atoms with Crippen molar-refractivity contribution >= 4 is 43.2 Å². The van der Waals surface area contributed by atoms with Crippen LogP contribution in [0.3, 0.4) is 0 Å². The summed E-state index contributed by atoms with van der Waals surface area (Å²) in [6.07, 6.45) is 0. The molecule has 0 amide bonds. The molecule has 3 aromatic rings. The molecular weight excluding hydrogens is 380 g/mol. The van der Waals surface area contributed by atoms with Crippen molar-refractivity contribution in [1.82, 2.24) is 4.57 Å². The Bertz CT molecular complexity index is 1070. The number of hydrogen-bond acceptors (Lipinski definition) is 4. The zero-order valence-electron chi connectivity index (χ0n) is 13.8. The van der Waals surface area contributed by atoms with Crippen LogP contribution in [0.4, 0.5) is 0 Å². The van der Waals surface area contributed by atoms with Gasteiger partial charge in [-0.2, -0.15) is 8.42 Å². The third kappa shape index (κ3) is 3.58. The number of para-hydroxylation sites is 1. The van der Waals surface area contributed by atoms with Crippen LogP contribution >= 0.6 is 22.9 Å². The Morgan fingerprint density at radius 3 is 2.52 bits per heavy atom. The highest BCUT2D eigenvalue weighted by Crippen LogP contribution is 2.28. The molecule has 0 atom stereocenters. The molecule has 0 spiro atoms. The van der Waals surface area contributed by atoms with E-state index in [1.165, 1.54) is 35.6 Å². The van der Waals surface area contributed by atoms with E-state index in [9.17, 15) is 8.42 Å². The van der Waals surface area contributed by atoms with Crippen molar-refractivity contribution < 1.29 is 13.2 Å². The van der Waals surface area contributed by atoms with Crippen LogP contribution in [0.25, 0.3) is 10.2 Å². The largest absolute Gasteiger partial charge is 0.492 e. The molecule has 0 bridgehead atoms. The van der Waals surface area contributed by atoms with Crippen LogP contribution in [0, 0.1) is 0 Å². The van der Waals surface area contributed by atoms with Crippen LogP contribution in [0.15, 0.2) is 51.8 Å². The summed E-state index contributed by atoms with van der Waals surface area (Å²) in [7, 11) is -3.82. The molecule has 0 saturated carbocycles. The van der Waals surface area contributed by atoms with Crippen molar-refractivity contribution in [2.24, 2.45) is 4.40 Å². The van der Waals surface area contributed by atoms with E-state index in [2.05, 4.69) is 4.40 Å². The predicted molar refractivity (Wildman–Crippen MR) is 101 cm³/mol. The van der Waals surface area contributed by atoms with Gasteiger partial charge in [-0.25, -0.2) is 0 Å². The Morgan fingerprint density at radius 1 is 1.16 bits per heavy atom. The molecule has 2 aromatic carbocycles. The van der Waals surface area contributed by atoms with Gasteiger partial charge in [0, 0.05) is 11.6 Å². The van der Waals surface area contributed by atoms with Gasteiger partial charge in [0.05, 0.1) is 16.2 Å². The van der Waals surface area contributed by atoms with E-state index < -0.39 is 10.0 Å². The molecule has 0 aliphatic heterocycles. The molecule has 1 aromatic heterocycles. The SMILES string of the molecule is CCOc1cccc2sc(=NS(=O)(=O)c3ccc(Cl)cc3)n(CC)c12. The molecule has 0 unspecified atom stereocenters. The minimum Gasteiger partial charge on any atom is -0.492 e. The molecule has 5 nitrogen and oxygen atoms in total. The summed E-state index contributed by atoms with van der Waals surface area (Å²) in [6, 6.07) is 11.7. The Kier molecular flexibility index (Phi) is 5.17. The lowest BCUT2D eigenvalue weighted by Gasteiger charge is -2.07. The van der Waals surface area contributed by atoms with E-state index in [1.807, 2.05) is 36.6 Å². The normalized spacial score (nSPS) is 12.7. The van der Waals surface area contributed by atoms with Crippen LogP contribution in [0.2, 0.25) is 5.02 Å². The van der Waals surface area contributed by atoms with Gasteiger partial charge in [-0.3, -0.25) is 0 Å². The maximum absolute atomic E-state index is 12.6. The monoisotopic (exact) mass is 396 g/mol. The number of fused-ring (bicyclic) bond motifs is 1. The van der Waals surface area contributed by atoms with Crippen LogP contribution < -0.4 is 9.54 Å². The molecule has 1 heterocycles. The van der Waals surface area contributed by atoms with Crippen LogP contribution in [-0.4, -0.2) is 19.6 Å². The number of nitrogens with zero attached hydrogens (tertiary/aromatic N) is 2. The fourth-order valence-corrected chi connectivity index (χ4v) is 4.94. The van der Waals surface area contributed by atoms with E-state index in [0.29, 0.717) is 23.0 Å². The molecule has 0 N–H and O–H groups in total. The molecule has 0 fully saturated rings. The molecule has 0 radical (unpaired) electrons. The Morgan fingerprint density at radius 2 is 1.88 bits per heavy atom. The highest BCUT2D eigenvalue weighted by molar-refractivity contribution is 7.90. The number of sulfonamides is 1. The van der Waals surface area contributed by atoms with Gasteiger partial charge < -0.3 is 9.30 Å². The molecule has 0 aliphatic rings. The first-order valence-electron chi connectivity index (χ1n) is 7.78. The Hall–Kier alpha value is -1.83. The van der Waals surface area contributed by atoms with Crippen molar-refractivity contribution in [3.63, 3.8) is 0 Å².